The van der Waals surface area contributed by atoms with Crippen molar-refractivity contribution in [3.63, 3.8) is 0 Å². The molecule has 2 rings (SSSR count). The van der Waals surface area contributed by atoms with Crippen LogP contribution in [0.2, 0.25) is 0 Å². The average molecular weight is 536 g/mol. The van der Waals surface area contributed by atoms with Crippen LogP contribution in [0.15, 0.2) is 18.2 Å². The maximum absolute atomic E-state index is 13.1. The molecular weight excluding hydrogens is 482 g/mol. The first-order valence-electron chi connectivity index (χ1n) is 14.4. The monoisotopic (exact) mass is 535 g/mol. The van der Waals surface area contributed by atoms with Crippen LogP contribution in [0.4, 0.5) is 0 Å². The van der Waals surface area contributed by atoms with Gasteiger partial charge in [0.1, 0.15) is 0 Å². The van der Waals surface area contributed by atoms with Crippen molar-refractivity contribution in [1.82, 2.24) is 10.6 Å². The Morgan fingerprint density at radius 3 is 2.39 bits per heavy atom. The van der Waals surface area contributed by atoms with E-state index in [0.717, 1.165) is 50.1 Å². The first kappa shape index (κ1) is 32.3. The van der Waals surface area contributed by atoms with E-state index < -0.39 is 12.1 Å². The predicted octanol–water partition coefficient (Wildman–Crippen LogP) is 3.53. The van der Waals surface area contributed by atoms with Crippen molar-refractivity contribution in [2.75, 3.05) is 40.5 Å². The van der Waals surface area contributed by atoms with Gasteiger partial charge in [-0.05, 0) is 80.6 Å². The molecule has 0 spiro atoms. The zero-order valence-corrected chi connectivity index (χ0v) is 24.5. The number of benzene rings is 1. The minimum absolute atomic E-state index is 0.0369. The van der Waals surface area contributed by atoms with Crippen molar-refractivity contribution >= 4 is 5.91 Å². The van der Waals surface area contributed by atoms with Gasteiger partial charge in [0.15, 0.2) is 11.5 Å². The average Bonchev–Trinajstić information content (AvgIpc) is 2.89. The van der Waals surface area contributed by atoms with Crippen molar-refractivity contribution in [1.29, 1.82) is 0 Å². The molecule has 1 aliphatic heterocycles. The minimum atomic E-state index is -0.738. The van der Waals surface area contributed by atoms with Crippen molar-refractivity contribution in [2.45, 2.75) is 84.4 Å². The van der Waals surface area contributed by atoms with Gasteiger partial charge in [0.2, 0.25) is 5.91 Å². The molecule has 0 bridgehead atoms. The summed E-state index contributed by atoms with van der Waals surface area (Å²) in [7, 11) is 3.33. The third-order valence-electron chi connectivity index (χ3n) is 7.81. The number of hydrogen-bond donors (Lipinski definition) is 4. The number of amides is 1. The number of aliphatic hydroxyl groups excluding tert-OH is 1. The molecule has 0 radical (unpaired) electrons. The van der Waals surface area contributed by atoms with Crippen LogP contribution in [0.3, 0.4) is 0 Å². The quantitative estimate of drug-likeness (QED) is 0.226. The lowest BCUT2D eigenvalue weighted by Gasteiger charge is -2.31. The fraction of sp³-hybridized carbons (Fsp3) is 0.767. The summed E-state index contributed by atoms with van der Waals surface area (Å²) in [4.78, 5) is 13.1. The fourth-order valence-corrected chi connectivity index (χ4v) is 5.14. The molecule has 0 saturated carbocycles. The van der Waals surface area contributed by atoms with Gasteiger partial charge in [-0.25, -0.2) is 0 Å². The zero-order chi connectivity index (χ0) is 28.1. The summed E-state index contributed by atoms with van der Waals surface area (Å²) >= 11 is 0. The van der Waals surface area contributed by atoms with E-state index in [0.29, 0.717) is 37.7 Å². The highest BCUT2D eigenvalue weighted by atomic mass is 16.5. The highest BCUT2D eigenvalue weighted by molar-refractivity contribution is 5.79. The smallest absolute Gasteiger partial charge is 0.223 e. The van der Waals surface area contributed by atoms with Gasteiger partial charge >= 0.3 is 0 Å². The summed E-state index contributed by atoms with van der Waals surface area (Å²) in [5, 5.41) is 17.6. The molecule has 1 saturated heterocycles. The number of piperidine rings is 1. The lowest BCUT2D eigenvalue weighted by atomic mass is 9.80. The number of methoxy groups -OCH3 is 2. The molecule has 5 N–H and O–H groups in total. The van der Waals surface area contributed by atoms with Crippen LogP contribution in [0.5, 0.6) is 11.5 Å². The zero-order valence-electron chi connectivity index (χ0n) is 24.5. The summed E-state index contributed by atoms with van der Waals surface area (Å²) in [5.74, 6) is 1.99. The van der Waals surface area contributed by atoms with E-state index in [9.17, 15) is 9.90 Å². The van der Waals surface area contributed by atoms with Crippen molar-refractivity contribution in [2.24, 2.45) is 29.4 Å². The van der Waals surface area contributed by atoms with Gasteiger partial charge in [0.25, 0.3) is 0 Å². The standard InChI is InChI=1S/C30H53N3O5/c1-20(2)23(16-22-8-9-28(37-6)29(17-22)38-15-7-14-36-5)18-26(31)27(34)19-25(21(3)4)30(35)33-24-10-12-32-13-11-24/h8-9,17,20-21,23-27,32,34H,7,10-16,18-19,31H2,1-6H3,(H,33,35)/t23-,25-,26-,27-/m0/s1. The summed E-state index contributed by atoms with van der Waals surface area (Å²) in [6, 6.07) is 5.86. The minimum Gasteiger partial charge on any atom is -0.493 e. The molecule has 8 nitrogen and oxygen atoms in total. The van der Waals surface area contributed by atoms with E-state index in [2.05, 4.69) is 30.5 Å². The van der Waals surface area contributed by atoms with Gasteiger partial charge < -0.3 is 35.7 Å². The molecule has 4 atom stereocenters. The molecule has 0 aliphatic carbocycles. The summed E-state index contributed by atoms with van der Waals surface area (Å²) in [6.07, 6.45) is 3.83. The molecule has 1 aromatic carbocycles. The van der Waals surface area contributed by atoms with Crippen LogP contribution >= 0.6 is 0 Å². The topological polar surface area (TPSA) is 115 Å². The van der Waals surface area contributed by atoms with Crippen LogP contribution in [-0.2, 0) is 16.0 Å². The van der Waals surface area contributed by atoms with Crippen LogP contribution in [0, 0.1) is 23.7 Å². The Kier molecular flexibility index (Phi) is 14.4. The number of aliphatic hydroxyl groups is 1. The summed E-state index contributed by atoms with van der Waals surface area (Å²) in [6.45, 7) is 11.5. The third kappa shape index (κ3) is 10.7. The second-order valence-corrected chi connectivity index (χ2v) is 11.5. The Labute approximate surface area is 230 Å². The van der Waals surface area contributed by atoms with Crippen LogP contribution in [0.1, 0.15) is 65.4 Å². The highest BCUT2D eigenvalue weighted by Crippen LogP contribution is 2.32. The van der Waals surface area contributed by atoms with Crippen molar-refractivity contribution in [3.05, 3.63) is 23.8 Å². The SMILES string of the molecule is COCCCOc1cc(C[C@@H](C[C@H](N)[C@@H](O)C[C@H](C(=O)NC2CCNCC2)C(C)C)C(C)C)ccc1OC. The molecule has 1 amide bonds. The lowest BCUT2D eigenvalue weighted by Crippen LogP contribution is -2.47. The number of carbonyl (C=O) groups is 1. The molecular formula is C30H53N3O5. The summed E-state index contributed by atoms with van der Waals surface area (Å²) in [5.41, 5.74) is 7.71. The first-order chi connectivity index (χ1) is 18.2. The molecule has 0 aromatic heterocycles. The first-order valence-corrected chi connectivity index (χ1v) is 14.4. The molecule has 1 heterocycles. The largest absolute Gasteiger partial charge is 0.493 e. The fourth-order valence-electron chi connectivity index (χ4n) is 5.14. The Bertz CT molecular complexity index is 813. The molecule has 1 aromatic rings. The van der Waals surface area contributed by atoms with E-state index >= 15 is 0 Å². The molecule has 218 valence electrons. The van der Waals surface area contributed by atoms with Gasteiger partial charge in [0, 0.05) is 38.1 Å². The maximum atomic E-state index is 13.1. The van der Waals surface area contributed by atoms with Gasteiger partial charge in [-0.3, -0.25) is 4.79 Å². The van der Waals surface area contributed by atoms with Gasteiger partial charge in [-0.2, -0.15) is 0 Å². The second kappa shape index (κ2) is 17.0. The number of rotatable bonds is 17. The molecule has 38 heavy (non-hydrogen) atoms. The number of nitrogens with one attached hydrogen (secondary N) is 2. The molecule has 8 heteroatoms. The molecule has 1 aliphatic rings. The van der Waals surface area contributed by atoms with E-state index in [1.165, 1.54) is 0 Å². The van der Waals surface area contributed by atoms with Gasteiger partial charge in [-0.15, -0.1) is 0 Å². The van der Waals surface area contributed by atoms with Crippen LogP contribution < -0.4 is 25.8 Å². The lowest BCUT2D eigenvalue weighted by molar-refractivity contribution is -0.128. The van der Waals surface area contributed by atoms with Gasteiger partial charge in [-0.1, -0.05) is 33.8 Å². The Balaban J connectivity index is 2.00. The summed E-state index contributed by atoms with van der Waals surface area (Å²) < 4.78 is 16.6. The Hall–Kier alpha value is -1.87. The van der Waals surface area contributed by atoms with E-state index in [-0.39, 0.29) is 29.7 Å². The van der Waals surface area contributed by atoms with E-state index in [1.807, 2.05) is 26.0 Å². The normalized spacial score (nSPS) is 17.7. The van der Waals surface area contributed by atoms with E-state index in [4.69, 9.17) is 19.9 Å². The predicted molar refractivity (Wildman–Crippen MR) is 153 cm³/mol. The number of carbonyl (C=O) groups excluding carboxylic acids is 1. The van der Waals surface area contributed by atoms with Crippen LogP contribution in [-0.4, -0.2) is 69.7 Å². The van der Waals surface area contributed by atoms with Crippen LogP contribution in [0.25, 0.3) is 0 Å². The van der Waals surface area contributed by atoms with Crippen molar-refractivity contribution < 1.29 is 24.1 Å². The Morgan fingerprint density at radius 1 is 1.08 bits per heavy atom. The second-order valence-electron chi connectivity index (χ2n) is 11.5. The number of nitrogens with two attached hydrogens (primary N) is 1. The van der Waals surface area contributed by atoms with Gasteiger partial charge in [0.05, 0.1) is 19.8 Å². The molecule has 0 unspecified atom stereocenters. The maximum Gasteiger partial charge on any atom is 0.223 e. The third-order valence-corrected chi connectivity index (χ3v) is 7.81. The highest BCUT2D eigenvalue weighted by Gasteiger charge is 2.31. The molecule has 1 fully saturated rings. The van der Waals surface area contributed by atoms with E-state index in [1.54, 1.807) is 14.2 Å². The number of ether oxygens (including phenoxy) is 3. The Morgan fingerprint density at radius 2 is 1.79 bits per heavy atom. The number of hydrogen-bond acceptors (Lipinski definition) is 7. The van der Waals surface area contributed by atoms with Crippen molar-refractivity contribution in [3.8, 4) is 11.5 Å².